The molecule has 5 aromatic rings. The molecule has 218 valence electrons. The summed E-state index contributed by atoms with van der Waals surface area (Å²) in [5, 5.41) is 20.8. The zero-order chi connectivity index (χ0) is 31.1. The molecule has 0 spiro atoms. The van der Waals surface area contributed by atoms with Crippen molar-refractivity contribution in [3.63, 3.8) is 0 Å². The van der Waals surface area contributed by atoms with Gasteiger partial charge in [0, 0.05) is 47.3 Å². The van der Waals surface area contributed by atoms with E-state index in [1.54, 1.807) is 24.8 Å². The zero-order valence-corrected chi connectivity index (χ0v) is 20.8. The number of carbonyl (C=O) groups is 3. The fourth-order valence-corrected chi connectivity index (χ4v) is 3.33. The molecule has 0 aliphatic heterocycles. The van der Waals surface area contributed by atoms with Crippen LogP contribution in [0.15, 0.2) is 92.0 Å². The lowest BCUT2D eigenvalue weighted by Gasteiger charge is -2.09. The molecular formula is C26H17F6N5O5. The maximum Gasteiger partial charge on any atom is 0.490 e. The number of carbonyl (C=O) groups excluding carboxylic acids is 2. The van der Waals surface area contributed by atoms with Crippen LogP contribution in [0, 0.1) is 0 Å². The van der Waals surface area contributed by atoms with E-state index in [1.165, 1.54) is 0 Å². The van der Waals surface area contributed by atoms with Crippen LogP contribution in [0.3, 0.4) is 0 Å². The predicted octanol–water partition coefficient (Wildman–Crippen LogP) is 3.34. The molecule has 0 fully saturated rings. The summed E-state index contributed by atoms with van der Waals surface area (Å²) in [6.07, 6.45) is 2.38. The van der Waals surface area contributed by atoms with Gasteiger partial charge in [0.15, 0.2) is 5.52 Å². The van der Waals surface area contributed by atoms with Gasteiger partial charge in [0.05, 0.1) is 6.20 Å². The minimum atomic E-state index is -5.19. The van der Waals surface area contributed by atoms with Gasteiger partial charge in [-0.15, -0.1) is 0 Å². The average molecular weight is 593 g/mol. The van der Waals surface area contributed by atoms with E-state index >= 15 is 0 Å². The third kappa shape index (κ3) is 8.00. The third-order valence-corrected chi connectivity index (χ3v) is 5.17. The Morgan fingerprint density at radius 1 is 0.881 bits per heavy atom. The highest BCUT2D eigenvalue weighted by Gasteiger charge is 2.38. The standard InChI is InChI=1S/C22H15N5O.2C2HF3O2/c28-22(25-20-6-3-4-16-12-23-9-7-18(16)20)19-13-24-10-8-21(19)27-14-17-5-1-2-11-26(17)15-27;2*3-2(4,5)1(6)7/h1-15H;2*(H,6,7). The van der Waals surface area contributed by atoms with Gasteiger partial charge in [-0.2, -0.15) is 26.3 Å². The Morgan fingerprint density at radius 2 is 1.52 bits per heavy atom. The van der Waals surface area contributed by atoms with Crippen molar-refractivity contribution in [2.24, 2.45) is 0 Å². The van der Waals surface area contributed by atoms with Gasteiger partial charge >= 0.3 is 18.3 Å². The Kier molecular flexibility index (Phi) is 9.41. The molecule has 42 heavy (non-hydrogen) atoms. The molecule has 0 saturated heterocycles. The number of aliphatic carboxylic acids is 2. The number of anilines is 1. The lowest BCUT2D eigenvalue weighted by Crippen LogP contribution is -2.37. The smallest absolute Gasteiger partial charge is 0.490 e. The van der Waals surface area contributed by atoms with E-state index in [-0.39, 0.29) is 5.91 Å². The van der Waals surface area contributed by atoms with Crippen LogP contribution < -0.4 is 15.0 Å². The monoisotopic (exact) mass is 593 g/mol. The normalized spacial score (nSPS) is 11.1. The Hall–Kier alpha value is -5.54. The van der Waals surface area contributed by atoms with Crippen molar-refractivity contribution >= 4 is 39.8 Å². The van der Waals surface area contributed by atoms with Gasteiger partial charge in [-0.05, 0) is 24.3 Å². The number of rotatable bonds is 3. The first-order valence-electron chi connectivity index (χ1n) is 11.3. The molecule has 16 heteroatoms. The summed E-state index contributed by atoms with van der Waals surface area (Å²) in [5.41, 5.74) is 3.03. The molecule has 5 rings (SSSR count). The summed E-state index contributed by atoms with van der Waals surface area (Å²) in [6, 6.07) is 15.4. The average Bonchev–Trinajstić information content (AvgIpc) is 3.37. The first-order valence-corrected chi connectivity index (χ1v) is 11.3. The maximum atomic E-state index is 13.1. The number of aromatic nitrogens is 4. The van der Waals surface area contributed by atoms with Crippen molar-refractivity contribution < 1.29 is 55.5 Å². The number of nitrogens with zero attached hydrogens (tertiary/aromatic N) is 4. The summed E-state index contributed by atoms with van der Waals surface area (Å²) in [7, 11) is 0. The molecule has 0 aliphatic rings. The highest BCUT2D eigenvalue weighted by molar-refractivity contribution is 6.10. The number of imidazole rings is 1. The third-order valence-electron chi connectivity index (χ3n) is 5.17. The fourth-order valence-electron chi connectivity index (χ4n) is 3.33. The lowest BCUT2D eigenvalue weighted by atomic mass is 10.1. The Balaban J connectivity index is 0.000000289. The van der Waals surface area contributed by atoms with E-state index in [4.69, 9.17) is 19.8 Å². The van der Waals surface area contributed by atoms with Crippen LogP contribution in [0.4, 0.5) is 32.0 Å². The van der Waals surface area contributed by atoms with Gasteiger partial charge in [-0.3, -0.25) is 14.8 Å². The van der Waals surface area contributed by atoms with Crippen LogP contribution in [0.2, 0.25) is 0 Å². The molecule has 1 aromatic carbocycles. The van der Waals surface area contributed by atoms with Gasteiger partial charge < -0.3 is 20.3 Å². The number of fused-ring (bicyclic) bond motifs is 2. The topological polar surface area (TPSA) is 141 Å². The Bertz CT molecular complexity index is 1670. The Labute approximate surface area is 231 Å². The number of amides is 1. The van der Waals surface area contributed by atoms with Crippen molar-refractivity contribution in [1.82, 2.24) is 14.4 Å². The second kappa shape index (κ2) is 12.8. The maximum absolute atomic E-state index is 13.1. The van der Waals surface area contributed by atoms with Crippen LogP contribution >= 0.6 is 0 Å². The zero-order valence-electron chi connectivity index (χ0n) is 20.8. The van der Waals surface area contributed by atoms with Gasteiger partial charge in [-0.25, -0.2) is 13.8 Å². The van der Waals surface area contributed by atoms with Crippen LogP contribution in [0.25, 0.3) is 22.0 Å². The van der Waals surface area contributed by atoms with E-state index in [2.05, 4.69) is 15.3 Å². The number of carboxylic acids is 2. The number of nitrogens with one attached hydrogen (secondary N) is 1. The van der Waals surface area contributed by atoms with E-state index in [0.717, 1.165) is 27.7 Å². The number of alkyl halides is 6. The molecule has 4 heterocycles. The van der Waals surface area contributed by atoms with Gasteiger partial charge in [-0.1, -0.05) is 18.2 Å². The number of hydrogen-bond acceptors (Lipinski definition) is 6. The van der Waals surface area contributed by atoms with Crippen LogP contribution in [0.5, 0.6) is 0 Å². The number of carboxylic acid groups (broad SMARTS) is 2. The molecule has 0 aliphatic carbocycles. The predicted molar refractivity (Wildman–Crippen MR) is 131 cm³/mol. The molecule has 0 saturated carbocycles. The highest BCUT2D eigenvalue weighted by atomic mass is 19.4. The van der Waals surface area contributed by atoms with E-state index in [1.807, 2.05) is 76.2 Å². The molecule has 0 unspecified atom stereocenters. The van der Waals surface area contributed by atoms with E-state index in [9.17, 15) is 31.1 Å². The summed E-state index contributed by atoms with van der Waals surface area (Å²) in [5.74, 6) is -5.98. The van der Waals surface area contributed by atoms with Gasteiger partial charge in [0.1, 0.15) is 23.4 Å². The molecule has 4 aromatic heterocycles. The summed E-state index contributed by atoms with van der Waals surface area (Å²) < 4.78 is 67.2. The summed E-state index contributed by atoms with van der Waals surface area (Å²) >= 11 is 0. The van der Waals surface area contributed by atoms with Gasteiger partial charge in [0.25, 0.3) is 12.2 Å². The van der Waals surface area contributed by atoms with Crippen molar-refractivity contribution in [2.45, 2.75) is 12.4 Å². The molecule has 1 amide bonds. The molecule has 2 N–H and O–H groups in total. The molecular weight excluding hydrogens is 576 g/mol. The summed E-state index contributed by atoms with van der Waals surface area (Å²) in [4.78, 5) is 39.1. The highest BCUT2D eigenvalue weighted by Crippen LogP contribution is 2.23. The van der Waals surface area contributed by atoms with Crippen LogP contribution in [0.1, 0.15) is 10.4 Å². The second-order valence-corrected chi connectivity index (χ2v) is 8.02. The quantitative estimate of drug-likeness (QED) is 0.242. The largest absolute Gasteiger partial charge is 0.542 e. The molecule has 0 radical (unpaired) electrons. The number of pyridine rings is 3. The number of halogens is 6. The summed E-state index contributed by atoms with van der Waals surface area (Å²) in [6.45, 7) is 0. The van der Waals surface area contributed by atoms with Crippen molar-refractivity contribution in [2.75, 3.05) is 5.32 Å². The second-order valence-electron chi connectivity index (χ2n) is 8.02. The minimum Gasteiger partial charge on any atom is -0.542 e. The minimum absolute atomic E-state index is 0.213. The lowest BCUT2D eigenvalue weighted by molar-refractivity contribution is -0.594. The van der Waals surface area contributed by atoms with Gasteiger partial charge in [0.2, 0.25) is 0 Å². The molecule has 10 nitrogen and oxygen atoms in total. The number of hydrogen-bond donors (Lipinski definition) is 2. The molecule has 0 bridgehead atoms. The first kappa shape index (κ1) is 31.0. The van der Waals surface area contributed by atoms with Crippen molar-refractivity contribution in [3.05, 3.63) is 97.6 Å². The number of benzene rings is 1. The van der Waals surface area contributed by atoms with E-state index in [0.29, 0.717) is 5.56 Å². The van der Waals surface area contributed by atoms with Crippen molar-refractivity contribution in [1.29, 1.82) is 0 Å². The van der Waals surface area contributed by atoms with Crippen LogP contribution in [-0.2, 0) is 9.59 Å². The molecule has 0 atom stereocenters. The first-order chi connectivity index (χ1) is 19.7. The van der Waals surface area contributed by atoms with E-state index < -0.39 is 24.3 Å². The SMILES string of the molecule is O=C(Nc1cccc2cnccc12)c1cnccc1-[n+]1cc2ccccn2c1.O=C(O)C(F)(F)F.O=C([O-])C(F)(F)F. The Morgan fingerprint density at radius 3 is 2.14 bits per heavy atom. The fraction of sp³-hybridized carbons (Fsp3) is 0.0769. The van der Waals surface area contributed by atoms with Crippen LogP contribution in [-0.4, -0.2) is 49.7 Å². The van der Waals surface area contributed by atoms with Crippen molar-refractivity contribution in [3.8, 4) is 5.69 Å².